The lowest BCUT2D eigenvalue weighted by molar-refractivity contribution is -0.326. The van der Waals surface area contributed by atoms with Crippen LogP contribution in [0.25, 0.3) is 0 Å². The first-order valence-corrected chi connectivity index (χ1v) is 18.1. The molecule has 0 aromatic heterocycles. The van der Waals surface area contributed by atoms with Crippen molar-refractivity contribution in [1.82, 2.24) is 0 Å². The fourth-order valence-corrected chi connectivity index (χ4v) is 10.6. The van der Waals surface area contributed by atoms with E-state index in [-0.39, 0.29) is 29.9 Å². The average Bonchev–Trinajstić information content (AvgIpc) is 3.72. The van der Waals surface area contributed by atoms with Crippen molar-refractivity contribution >= 4 is 11.9 Å². The summed E-state index contributed by atoms with van der Waals surface area (Å²) in [6.45, 7) is 8.14. The average molecular weight is 639 g/mol. The second kappa shape index (κ2) is 14.5. The first-order chi connectivity index (χ1) is 21.9. The summed E-state index contributed by atoms with van der Waals surface area (Å²) < 4.78 is 11.4. The molecule has 9 unspecified atom stereocenters. The molecule has 5 rings (SSSR count). The normalized spacial score (nSPS) is 36.1. The molecule has 0 spiro atoms. The van der Waals surface area contributed by atoms with Gasteiger partial charge in [-0.1, -0.05) is 70.4 Å². The van der Waals surface area contributed by atoms with Gasteiger partial charge in [0.05, 0.1) is 23.2 Å². The Kier molecular flexibility index (Phi) is 11.1. The molecule has 0 radical (unpaired) electrons. The molecule has 7 heteroatoms. The van der Waals surface area contributed by atoms with Gasteiger partial charge in [-0.25, -0.2) is 4.79 Å². The van der Waals surface area contributed by atoms with Gasteiger partial charge in [-0.2, -0.15) is 0 Å². The molecule has 7 nitrogen and oxygen atoms in total. The zero-order chi connectivity index (χ0) is 33.1. The van der Waals surface area contributed by atoms with Crippen LogP contribution in [-0.4, -0.2) is 57.8 Å². The van der Waals surface area contributed by atoms with Crippen LogP contribution in [0.5, 0.6) is 0 Å². The summed E-state index contributed by atoms with van der Waals surface area (Å²) in [5.74, 6) is -0.762. The number of ether oxygens (including phenoxy) is 2. The van der Waals surface area contributed by atoms with E-state index in [9.17, 15) is 24.9 Å². The highest BCUT2D eigenvalue weighted by Crippen LogP contribution is 2.69. The number of carbonyl (C=O) groups excluding carboxylic acids is 2. The van der Waals surface area contributed by atoms with Crippen molar-refractivity contribution in [2.45, 2.75) is 141 Å². The van der Waals surface area contributed by atoms with E-state index in [1.165, 1.54) is 18.6 Å². The monoisotopic (exact) mass is 638 g/mol. The minimum absolute atomic E-state index is 0.210. The predicted octanol–water partition coefficient (Wildman–Crippen LogP) is 6.71. The first-order valence-electron chi connectivity index (χ1n) is 18.1. The third-order valence-corrected chi connectivity index (χ3v) is 12.9. The molecule has 46 heavy (non-hydrogen) atoms. The number of benzene rings is 1. The number of carbonyl (C=O) groups is 2. The van der Waals surface area contributed by atoms with Gasteiger partial charge in [0, 0.05) is 18.9 Å². The summed E-state index contributed by atoms with van der Waals surface area (Å²) >= 11 is 0. The molecule has 3 N–H and O–H groups in total. The van der Waals surface area contributed by atoms with Crippen LogP contribution in [0.4, 0.5) is 0 Å². The lowest BCUT2D eigenvalue weighted by Crippen LogP contribution is -2.76. The number of hydrogen-bond donors (Lipinski definition) is 3. The molecular formula is C39H58O7. The Morgan fingerprint density at radius 1 is 1.09 bits per heavy atom. The highest BCUT2D eigenvalue weighted by Gasteiger charge is 2.74. The molecule has 4 aliphatic rings. The van der Waals surface area contributed by atoms with E-state index in [2.05, 4.69) is 38.1 Å². The van der Waals surface area contributed by atoms with Crippen LogP contribution in [-0.2, 0) is 25.5 Å². The van der Waals surface area contributed by atoms with Gasteiger partial charge in [-0.15, -0.1) is 0 Å². The lowest BCUT2D eigenvalue weighted by atomic mass is 9.38. The summed E-state index contributed by atoms with van der Waals surface area (Å²) in [5, 5.41) is 38.2. The molecule has 0 saturated heterocycles. The molecular weight excluding hydrogens is 580 g/mol. The van der Waals surface area contributed by atoms with E-state index in [1.807, 2.05) is 13.0 Å². The van der Waals surface area contributed by atoms with Crippen molar-refractivity contribution in [2.24, 2.45) is 34.5 Å². The number of aryl methyl sites for hydroxylation is 1. The molecule has 1 aliphatic heterocycles. The third-order valence-electron chi connectivity index (χ3n) is 12.9. The van der Waals surface area contributed by atoms with E-state index in [4.69, 9.17) is 9.47 Å². The van der Waals surface area contributed by atoms with Gasteiger partial charge in [-0.3, -0.25) is 4.79 Å². The maximum Gasteiger partial charge on any atom is 0.331 e. The van der Waals surface area contributed by atoms with Gasteiger partial charge < -0.3 is 24.8 Å². The molecule has 3 saturated carbocycles. The van der Waals surface area contributed by atoms with Crippen LogP contribution in [0.15, 0.2) is 42.0 Å². The van der Waals surface area contributed by atoms with Crippen LogP contribution >= 0.6 is 0 Å². The zero-order valence-electron chi connectivity index (χ0n) is 28.6. The Bertz CT molecular complexity index is 1220. The van der Waals surface area contributed by atoms with Crippen LogP contribution in [0.2, 0.25) is 0 Å². The second-order valence-electron chi connectivity index (χ2n) is 15.6. The van der Waals surface area contributed by atoms with Crippen LogP contribution in [0.1, 0.15) is 117 Å². The highest BCUT2D eigenvalue weighted by atomic mass is 16.5. The summed E-state index contributed by atoms with van der Waals surface area (Å²) in [6, 6.07) is 10.5. The maximum atomic E-state index is 13.2. The van der Waals surface area contributed by atoms with Gasteiger partial charge in [-0.05, 0) is 105 Å². The predicted molar refractivity (Wildman–Crippen MR) is 178 cm³/mol. The van der Waals surface area contributed by atoms with Crippen LogP contribution in [0, 0.1) is 34.5 Å². The van der Waals surface area contributed by atoms with Gasteiger partial charge in [0.25, 0.3) is 0 Å². The number of aliphatic hydroxyl groups excluding tert-OH is 2. The lowest BCUT2D eigenvalue weighted by Gasteiger charge is -2.70. The van der Waals surface area contributed by atoms with Crippen molar-refractivity contribution in [3.8, 4) is 0 Å². The number of esters is 2. The Balaban J connectivity index is 1.49. The standard InChI is InChI=1S/C39H58O7/c1-26(11-10-14-29-12-6-5-7-13-29)17-18-33(41)39-34(42)20-21-37(4,31-15-8-9-16-31)36(39)32(46-28(3)40)23-27(2)38(39,44)22-19-30-24-35(43)45-25-30/h5-7,12-13,24,26-27,31-34,36,41-42,44H,8-11,14-23,25H2,1-4H3. The van der Waals surface area contributed by atoms with E-state index in [0.29, 0.717) is 43.9 Å². The molecule has 0 bridgehead atoms. The molecule has 1 aromatic rings. The van der Waals surface area contributed by atoms with Gasteiger partial charge in [0.1, 0.15) is 12.7 Å². The molecule has 1 aromatic carbocycles. The number of cyclic esters (lactones) is 1. The third kappa shape index (κ3) is 6.71. The van der Waals surface area contributed by atoms with Gasteiger partial charge >= 0.3 is 11.9 Å². The number of hydrogen-bond acceptors (Lipinski definition) is 7. The van der Waals surface area contributed by atoms with Gasteiger partial charge in [0.2, 0.25) is 0 Å². The Labute approximate surface area is 276 Å². The largest absolute Gasteiger partial charge is 0.462 e. The van der Waals surface area contributed by atoms with E-state index in [1.54, 1.807) is 0 Å². The number of fused-ring (bicyclic) bond motifs is 1. The Hall–Kier alpha value is -2.22. The fraction of sp³-hybridized carbons (Fsp3) is 0.744. The van der Waals surface area contributed by atoms with Crippen molar-refractivity contribution in [2.75, 3.05) is 6.61 Å². The molecule has 3 fully saturated rings. The Morgan fingerprint density at radius 2 is 1.80 bits per heavy atom. The van der Waals surface area contributed by atoms with Crippen LogP contribution in [0.3, 0.4) is 0 Å². The molecule has 9 atom stereocenters. The summed E-state index contributed by atoms with van der Waals surface area (Å²) in [4.78, 5) is 24.5. The second-order valence-corrected chi connectivity index (χ2v) is 15.6. The quantitative estimate of drug-likeness (QED) is 0.206. The molecule has 3 aliphatic carbocycles. The van der Waals surface area contributed by atoms with Crippen molar-refractivity contribution in [3.05, 3.63) is 47.5 Å². The zero-order valence-corrected chi connectivity index (χ0v) is 28.6. The highest BCUT2D eigenvalue weighted by molar-refractivity contribution is 5.85. The van der Waals surface area contributed by atoms with E-state index in [0.717, 1.165) is 63.4 Å². The van der Waals surface area contributed by atoms with E-state index < -0.39 is 35.2 Å². The molecule has 1 heterocycles. The van der Waals surface area contributed by atoms with E-state index >= 15 is 0 Å². The fourth-order valence-electron chi connectivity index (χ4n) is 10.6. The summed E-state index contributed by atoms with van der Waals surface area (Å²) in [7, 11) is 0. The van der Waals surface area contributed by atoms with Crippen molar-refractivity contribution in [3.63, 3.8) is 0 Å². The Morgan fingerprint density at radius 3 is 2.46 bits per heavy atom. The maximum absolute atomic E-state index is 13.2. The van der Waals surface area contributed by atoms with Crippen LogP contribution < -0.4 is 0 Å². The summed E-state index contributed by atoms with van der Waals surface area (Å²) in [5.41, 5.74) is -0.914. The first kappa shape index (κ1) is 35.1. The smallest absolute Gasteiger partial charge is 0.331 e. The number of aliphatic hydroxyl groups is 3. The number of rotatable bonds is 13. The summed E-state index contributed by atoms with van der Waals surface area (Å²) in [6.07, 6.45) is 10.2. The topological polar surface area (TPSA) is 113 Å². The van der Waals surface area contributed by atoms with Crippen molar-refractivity contribution < 1.29 is 34.4 Å². The van der Waals surface area contributed by atoms with Gasteiger partial charge in [0.15, 0.2) is 0 Å². The molecule has 256 valence electrons. The van der Waals surface area contributed by atoms with Crippen molar-refractivity contribution in [1.29, 1.82) is 0 Å². The minimum atomic E-state index is -1.45. The SMILES string of the molecule is CC(=O)OC1CC(C)C(O)(CCC2=CC(=O)OC2)C2(C(O)CCC(C)CCCc3ccccc3)C(O)CCC(C)(C3CCCC3)C12. The molecule has 0 amide bonds. The minimum Gasteiger partial charge on any atom is -0.462 e.